The summed E-state index contributed by atoms with van der Waals surface area (Å²) in [6.07, 6.45) is 0. The van der Waals surface area contributed by atoms with E-state index in [9.17, 15) is 4.79 Å². The predicted octanol–water partition coefficient (Wildman–Crippen LogP) is 1.06. The smallest absolute Gasteiger partial charge is 0.279 e. The van der Waals surface area contributed by atoms with Crippen molar-refractivity contribution in [1.82, 2.24) is 0 Å². The van der Waals surface area contributed by atoms with Gasteiger partial charge in [0.15, 0.2) is 18.0 Å². The van der Waals surface area contributed by atoms with Crippen LogP contribution in [0.4, 0.5) is 5.69 Å². The van der Waals surface area contributed by atoms with Crippen molar-refractivity contribution < 1.29 is 24.1 Å². The van der Waals surface area contributed by atoms with Crippen LogP contribution in [0.3, 0.4) is 0 Å². The van der Waals surface area contributed by atoms with Crippen LogP contribution in [0.5, 0.6) is 11.5 Å². The van der Waals surface area contributed by atoms with Crippen molar-refractivity contribution in [3.8, 4) is 11.5 Å². The number of amides is 1. The fraction of sp³-hybridized carbons (Fsp3) is 0.480. The van der Waals surface area contributed by atoms with Crippen molar-refractivity contribution in [2.45, 2.75) is 33.2 Å². The SMILES string of the molecule is COc1cc(C)c(C[NH+]2CC[NH+](CC(=O)Nc3ccccc3C(C)C)CC2)cc1OC. The zero-order valence-electron chi connectivity index (χ0n) is 19.5. The van der Waals surface area contributed by atoms with Gasteiger partial charge in [-0.05, 0) is 42.2 Å². The molecule has 0 bridgehead atoms. The monoisotopic (exact) mass is 427 g/mol. The Bertz CT molecular complexity index is 890. The number of benzene rings is 2. The molecule has 1 aliphatic rings. The molecule has 1 heterocycles. The molecule has 0 aromatic heterocycles. The van der Waals surface area contributed by atoms with Crippen LogP contribution in [-0.4, -0.2) is 52.9 Å². The van der Waals surface area contributed by atoms with E-state index in [1.54, 1.807) is 19.1 Å². The molecule has 1 amide bonds. The van der Waals surface area contributed by atoms with E-state index in [4.69, 9.17) is 9.47 Å². The minimum Gasteiger partial charge on any atom is -0.493 e. The second kappa shape index (κ2) is 10.6. The van der Waals surface area contributed by atoms with E-state index in [-0.39, 0.29) is 5.91 Å². The van der Waals surface area contributed by atoms with E-state index in [1.807, 2.05) is 18.2 Å². The Balaban J connectivity index is 1.52. The Labute approximate surface area is 186 Å². The first-order valence-corrected chi connectivity index (χ1v) is 11.2. The number of rotatable bonds is 8. The molecule has 31 heavy (non-hydrogen) atoms. The van der Waals surface area contributed by atoms with Crippen molar-refractivity contribution in [3.63, 3.8) is 0 Å². The molecule has 1 saturated heterocycles. The fourth-order valence-electron chi connectivity index (χ4n) is 4.33. The average molecular weight is 428 g/mol. The summed E-state index contributed by atoms with van der Waals surface area (Å²) < 4.78 is 10.9. The van der Waals surface area contributed by atoms with Crippen molar-refractivity contribution in [3.05, 3.63) is 53.1 Å². The molecule has 2 aromatic carbocycles. The number of quaternary nitrogens is 2. The Morgan fingerprint density at radius 1 is 1.00 bits per heavy atom. The molecule has 3 rings (SSSR count). The third-order valence-corrected chi connectivity index (χ3v) is 6.21. The van der Waals surface area contributed by atoms with Crippen LogP contribution >= 0.6 is 0 Å². The van der Waals surface area contributed by atoms with Gasteiger partial charge in [0.25, 0.3) is 5.91 Å². The largest absolute Gasteiger partial charge is 0.493 e. The number of hydrogen-bond donors (Lipinski definition) is 3. The first-order valence-electron chi connectivity index (χ1n) is 11.2. The number of aryl methyl sites for hydroxylation is 1. The lowest BCUT2D eigenvalue weighted by Crippen LogP contribution is -3.28. The molecule has 1 fully saturated rings. The fourth-order valence-corrected chi connectivity index (χ4v) is 4.33. The maximum absolute atomic E-state index is 12.6. The van der Waals surface area contributed by atoms with Gasteiger partial charge in [-0.2, -0.15) is 0 Å². The number of piperazine rings is 1. The second-order valence-electron chi connectivity index (χ2n) is 8.78. The van der Waals surface area contributed by atoms with Crippen LogP contribution in [0.2, 0.25) is 0 Å². The van der Waals surface area contributed by atoms with Gasteiger partial charge in [0, 0.05) is 11.3 Å². The normalized spacial score (nSPS) is 18.6. The lowest BCUT2D eigenvalue weighted by Gasteiger charge is -2.30. The molecule has 2 aromatic rings. The van der Waals surface area contributed by atoms with Gasteiger partial charge < -0.3 is 24.6 Å². The molecule has 0 spiro atoms. The number of para-hydroxylation sites is 1. The highest BCUT2D eigenvalue weighted by atomic mass is 16.5. The molecule has 3 N–H and O–H groups in total. The summed E-state index contributed by atoms with van der Waals surface area (Å²) in [5, 5.41) is 3.13. The highest BCUT2D eigenvalue weighted by molar-refractivity contribution is 5.92. The van der Waals surface area contributed by atoms with Crippen molar-refractivity contribution in [2.75, 3.05) is 52.3 Å². The number of ether oxygens (including phenoxy) is 2. The minimum absolute atomic E-state index is 0.0993. The van der Waals surface area contributed by atoms with Gasteiger partial charge >= 0.3 is 0 Å². The van der Waals surface area contributed by atoms with Gasteiger partial charge in [-0.15, -0.1) is 0 Å². The van der Waals surface area contributed by atoms with Gasteiger partial charge in [0.2, 0.25) is 0 Å². The number of hydrogen-bond acceptors (Lipinski definition) is 3. The van der Waals surface area contributed by atoms with Crippen LogP contribution in [0.25, 0.3) is 0 Å². The zero-order valence-corrected chi connectivity index (χ0v) is 19.5. The number of nitrogens with one attached hydrogen (secondary N) is 3. The third kappa shape index (κ3) is 5.99. The van der Waals surface area contributed by atoms with Crippen molar-refractivity contribution >= 4 is 11.6 Å². The van der Waals surface area contributed by atoms with Crippen LogP contribution in [0.1, 0.15) is 36.5 Å². The molecular weight excluding hydrogens is 390 g/mol. The summed E-state index contributed by atoms with van der Waals surface area (Å²) in [6, 6.07) is 12.2. The molecule has 0 aliphatic carbocycles. The summed E-state index contributed by atoms with van der Waals surface area (Å²) in [5.41, 5.74) is 4.64. The second-order valence-corrected chi connectivity index (χ2v) is 8.78. The van der Waals surface area contributed by atoms with Gasteiger partial charge in [-0.3, -0.25) is 4.79 Å². The summed E-state index contributed by atoms with van der Waals surface area (Å²) in [7, 11) is 3.35. The summed E-state index contributed by atoms with van der Waals surface area (Å²) >= 11 is 0. The molecule has 168 valence electrons. The van der Waals surface area contributed by atoms with Crippen molar-refractivity contribution in [1.29, 1.82) is 0 Å². The highest BCUT2D eigenvalue weighted by Crippen LogP contribution is 2.30. The number of carbonyl (C=O) groups is 1. The topological polar surface area (TPSA) is 56.4 Å². The average Bonchev–Trinajstić information content (AvgIpc) is 2.76. The predicted molar refractivity (Wildman–Crippen MR) is 123 cm³/mol. The molecular formula is C25H37N3O3+2. The number of carbonyl (C=O) groups excluding carboxylic acids is 1. The van der Waals surface area contributed by atoms with E-state index < -0.39 is 0 Å². The molecule has 0 atom stereocenters. The van der Waals surface area contributed by atoms with Crippen LogP contribution in [0.15, 0.2) is 36.4 Å². The van der Waals surface area contributed by atoms with E-state index in [2.05, 4.69) is 44.3 Å². The van der Waals surface area contributed by atoms with Crippen molar-refractivity contribution in [2.24, 2.45) is 0 Å². The summed E-state index contributed by atoms with van der Waals surface area (Å²) in [6.45, 7) is 12.0. The standard InChI is InChI=1S/C25H35N3O3/c1-18(2)21-8-6-7-9-22(21)26-25(29)17-28-12-10-27(11-13-28)16-20-15-24(31-5)23(30-4)14-19(20)3/h6-9,14-15,18H,10-13,16-17H2,1-5H3,(H,26,29)/p+2. The summed E-state index contributed by atoms with van der Waals surface area (Å²) in [5.74, 6) is 2.04. The quantitative estimate of drug-likeness (QED) is 0.591. The number of methoxy groups -OCH3 is 2. The highest BCUT2D eigenvalue weighted by Gasteiger charge is 2.26. The molecule has 1 aliphatic heterocycles. The molecule has 0 unspecified atom stereocenters. The van der Waals surface area contributed by atoms with E-state index in [1.165, 1.54) is 21.6 Å². The third-order valence-electron chi connectivity index (χ3n) is 6.21. The van der Waals surface area contributed by atoms with Gasteiger partial charge in [0.1, 0.15) is 32.7 Å². The van der Waals surface area contributed by atoms with Gasteiger partial charge in [-0.25, -0.2) is 0 Å². The Morgan fingerprint density at radius 3 is 2.26 bits per heavy atom. The molecule has 6 nitrogen and oxygen atoms in total. The lowest BCUT2D eigenvalue weighted by atomic mass is 10.0. The zero-order chi connectivity index (χ0) is 22.4. The Hall–Kier alpha value is -2.57. The molecule has 0 radical (unpaired) electrons. The summed E-state index contributed by atoms with van der Waals surface area (Å²) in [4.78, 5) is 15.5. The van der Waals surface area contributed by atoms with E-state index in [0.29, 0.717) is 12.5 Å². The first-order chi connectivity index (χ1) is 14.9. The van der Waals surface area contributed by atoms with E-state index >= 15 is 0 Å². The van der Waals surface area contributed by atoms with Gasteiger partial charge in [0.05, 0.1) is 14.2 Å². The number of anilines is 1. The molecule has 6 heteroatoms. The Kier molecular flexibility index (Phi) is 7.93. The van der Waals surface area contributed by atoms with Crippen LogP contribution in [0, 0.1) is 6.92 Å². The minimum atomic E-state index is 0.0993. The molecule has 0 saturated carbocycles. The maximum atomic E-state index is 12.6. The first kappa shape index (κ1) is 23.1. The van der Waals surface area contributed by atoms with Crippen LogP contribution < -0.4 is 24.6 Å². The maximum Gasteiger partial charge on any atom is 0.279 e. The van der Waals surface area contributed by atoms with E-state index in [0.717, 1.165) is 49.9 Å². The Morgan fingerprint density at radius 2 is 1.61 bits per heavy atom. The lowest BCUT2D eigenvalue weighted by molar-refractivity contribution is -1.02. The van der Waals surface area contributed by atoms with Gasteiger partial charge in [-0.1, -0.05) is 32.0 Å². The van der Waals surface area contributed by atoms with Crippen LogP contribution in [-0.2, 0) is 11.3 Å².